The van der Waals surface area contributed by atoms with Gasteiger partial charge in [0.05, 0.1) is 0 Å². The highest BCUT2D eigenvalue weighted by molar-refractivity contribution is 7.99. The predicted octanol–water partition coefficient (Wildman–Crippen LogP) is 1.51. The molecule has 0 saturated carbocycles. The number of hydrogen-bond acceptors (Lipinski definition) is 5. The molecule has 4 nitrogen and oxygen atoms in total. The smallest absolute Gasteiger partial charge is 0.156 e. The van der Waals surface area contributed by atoms with E-state index in [-0.39, 0.29) is 0 Å². The minimum Gasteiger partial charge on any atom is -0.301 e. The van der Waals surface area contributed by atoms with Crippen molar-refractivity contribution in [1.29, 1.82) is 0 Å². The van der Waals surface area contributed by atoms with E-state index >= 15 is 0 Å². The fourth-order valence-corrected chi connectivity index (χ4v) is 1.53. The van der Waals surface area contributed by atoms with E-state index in [0.717, 1.165) is 4.90 Å². The number of nitroso groups, excluding NO2 is 1. The molecule has 0 fully saturated rings. The van der Waals surface area contributed by atoms with E-state index in [1.54, 1.807) is 12.4 Å². The molecule has 0 bridgehead atoms. The number of thioether (sulfide) groups is 1. The minimum absolute atomic E-state index is 0.386. The summed E-state index contributed by atoms with van der Waals surface area (Å²) in [4.78, 5) is 25.1. The maximum atomic E-state index is 10.2. The molecule has 1 unspecified atom stereocenters. The lowest BCUT2D eigenvalue weighted by molar-refractivity contribution is -0.108. The van der Waals surface area contributed by atoms with Crippen molar-refractivity contribution in [2.45, 2.75) is 10.9 Å². The summed E-state index contributed by atoms with van der Waals surface area (Å²) < 4.78 is 0. The van der Waals surface area contributed by atoms with Gasteiger partial charge in [-0.25, -0.2) is 0 Å². The number of carbonyl (C=O) groups excluding carboxylic acids is 1. The second-order valence-corrected chi connectivity index (χ2v) is 3.40. The van der Waals surface area contributed by atoms with Gasteiger partial charge >= 0.3 is 0 Å². The third-order valence-corrected chi connectivity index (χ3v) is 2.48. The molecule has 0 amide bonds. The maximum absolute atomic E-state index is 10.2. The molecule has 0 saturated heterocycles. The van der Waals surface area contributed by atoms with Crippen molar-refractivity contribution in [1.82, 2.24) is 4.98 Å². The van der Waals surface area contributed by atoms with E-state index in [1.807, 2.05) is 12.1 Å². The van der Waals surface area contributed by atoms with Gasteiger partial charge in [0.15, 0.2) is 6.04 Å². The average Bonchev–Trinajstić information content (AvgIpc) is 2.21. The molecule has 0 radical (unpaired) electrons. The van der Waals surface area contributed by atoms with Crippen LogP contribution in [-0.2, 0) is 4.79 Å². The second kappa shape index (κ2) is 5.42. The molecular formula is C8H8N2O2S. The summed E-state index contributed by atoms with van der Waals surface area (Å²) in [7, 11) is 0. The maximum Gasteiger partial charge on any atom is 0.156 e. The van der Waals surface area contributed by atoms with Crippen LogP contribution in [0.2, 0.25) is 0 Å². The van der Waals surface area contributed by atoms with Crippen molar-refractivity contribution in [2.24, 2.45) is 5.18 Å². The van der Waals surface area contributed by atoms with Gasteiger partial charge in [0.2, 0.25) is 0 Å². The van der Waals surface area contributed by atoms with Crippen LogP contribution in [0.15, 0.2) is 34.6 Å². The van der Waals surface area contributed by atoms with Crippen LogP contribution in [-0.4, -0.2) is 23.1 Å². The number of hydrogen-bond donors (Lipinski definition) is 0. The first-order valence-electron chi connectivity index (χ1n) is 3.67. The van der Waals surface area contributed by atoms with Crippen LogP contribution in [0.1, 0.15) is 0 Å². The molecular weight excluding hydrogens is 188 g/mol. The Hall–Kier alpha value is -1.23. The van der Waals surface area contributed by atoms with Gasteiger partial charge in [-0.05, 0) is 12.1 Å². The van der Waals surface area contributed by atoms with Gasteiger partial charge in [-0.15, -0.1) is 11.8 Å². The Kier molecular flexibility index (Phi) is 4.11. The molecule has 1 atom stereocenters. The van der Waals surface area contributed by atoms with E-state index in [9.17, 15) is 9.70 Å². The number of carbonyl (C=O) groups is 1. The first-order valence-corrected chi connectivity index (χ1v) is 4.66. The molecule has 0 N–H and O–H groups in total. The molecule has 1 aromatic heterocycles. The molecule has 1 aromatic rings. The third-order valence-electron chi connectivity index (χ3n) is 1.36. The summed E-state index contributed by atoms with van der Waals surface area (Å²) in [6.45, 7) is 0. The van der Waals surface area contributed by atoms with Crippen LogP contribution in [0.5, 0.6) is 0 Å². The van der Waals surface area contributed by atoms with Gasteiger partial charge in [-0.3, -0.25) is 4.98 Å². The van der Waals surface area contributed by atoms with Crippen LogP contribution >= 0.6 is 11.8 Å². The van der Waals surface area contributed by atoms with Gasteiger partial charge < -0.3 is 4.79 Å². The lowest BCUT2D eigenvalue weighted by atomic mass is 10.4. The SMILES string of the molecule is O=CC(CSc1ccncc1)N=O. The van der Waals surface area contributed by atoms with E-state index < -0.39 is 6.04 Å². The van der Waals surface area contributed by atoms with Crippen molar-refractivity contribution < 1.29 is 4.79 Å². The molecule has 1 rings (SSSR count). The zero-order chi connectivity index (χ0) is 9.52. The lowest BCUT2D eigenvalue weighted by Crippen LogP contribution is -2.07. The van der Waals surface area contributed by atoms with E-state index in [1.165, 1.54) is 11.8 Å². The predicted molar refractivity (Wildman–Crippen MR) is 50.6 cm³/mol. The summed E-state index contributed by atoms with van der Waals surface area (Å²) in [5.74, 6) is 0.386. The fourth-order valence-electron chi connectivity index (χ4n) is 0.711. The Bertz CT molecular complexity index is 271. The lowest BCUT2D eigenvalue weighted by Gasteiger charge is -2.00. The van der Waals surface area contributed by atoms with Crippen molar-refractivity contribution in [3.05, 3.63) is 29.4 Å². The van der Waals surface area contributed by atoms with Crippen LogP contribution in [0.3, 0.4) is 0 Å². The quantitative estimate of drug-likeness (QED) is 0.407. The first-order chi connectivity index (χ1) is 6.36. The largest absolute Gasteiger partial charge is 0.301 e. The molecule has 5 heteroatoms. The molecule has 0 aliphatic heterocycles. The highest BCUT2D eigenvalue weighted by atomic mass is 32.2. The molecule has 0 aliphatic carbocycles. The number of aromatic nitrogens is 1. The van der Waals surface area contributed by atoms with Crippen LogP contribution in [0, 0.1) is 4.91 Å². The number of aldehydes is 1. The second-order valence-electron chi connectivity index (χ2n) is 2.30. The van der Waals surface area contributed by atoms with Crippen LogP contribution in [0.25, 0.3) is 0 Å². The van der Waals surface area contributed by atoms with Gasteiger partial charge in [0.25, 0.3) is 0 Å². The Morgan fingerprint density at radius 3 is 2.77 bits per heavy atom. The van der Waals surface area contributed by atoms with Crippen LogP contribution in [0.4, 0.5) is 0 Å². The van der Waals surface area contributed by atoms with Gasteiger partial charge in [0, 0.05) is 23.0 Å². The standard InChI is InChI=1S/C8H8N2O2S/c11-5-7(10-12)6-13-8-1-3-9-4-2-8/h1-5,7H,6H2. The monoisotopic (exact) mass is 196 g/mol. The van der Waals surface area contributed by atoms with Crippen molar-refractivity contribution in [3.63, 3.8) is 0 Å². The summed E-state index contributed by atoms with van der Waals surface area (Å²) >= 11 is 1.41. The highest BCUT2D eigenvalue weighted by Crippen LogP contribution is 2.17. The Morgan fingerprint density at radius 2 is 2.23 bits per heavy atom. The third kappa shape index (κ3) is 3.33. The van der Waals surface area contributed by atoms with E-state index in [0.29, 0.717) is 12.0 Å². The van der Waals surface area contributed by atoms with Gasteiger partial charge in [0.1, 0.15) is 6.29 Å². The topological polar surface area (TPSA) is 59.4 Å². The van der Waals surface area contributed by atoms with Gasteiger partial charge in [-0.1, -0.05) is 5.18 Å². The first kappa shape index (κ1) is 9.85. The Labute approximate surface area is 79.7 Å². The average molecular weight is 196 g/mol. The zero-order valence-electron chi connectivity index (χ0n) is 6.79. The zero-order valence-corrected chi connectivity index (χ0v) is 7.61. The summed E-state index contributed by atoms with van der Waals surface area (Å²) in [5, 5.41) is 2.67. The van der Waals surface area contributed by atoms with E-state index in [2.05, 4.69) is 10.2 Å². The molecule has 68 valence electrons. The van der Waals surface area contributed by atoms with Crippen LogP contribution < -0.4 is 0 Å². The Morgan fingerprint density at radius 1 is 1.54 bits per heavy atom. The van der Waals surface area contributed by atoms with E-state index in [4.69, 9.17) is 0 Å². The normalized spacial score (nSPS) is 12.0. The molecule has 1 heterocycles. The minimum atomic E-state index is -0.752. The Balaban J connectivity index is 2.42. The summed E-state index contributed by atoms with van der Waals surface area (Å²) in [6.07, 6.45) is 3.88. The van der Waals surface area contributed by atoms with Crippen molar-refractivity contribution in [2.75, 3.05) is 5.75 Å². The number of nitrogens with zero attached hydrogens (tertiary/aromatic N) is 2. The molecule has 0 aliphatic rings. The molecule has 0 spiro atoms. The summed E-state index contributed by atoms with van der Waals surface area (Å²) in [6, 6.07) is 2.88. The number of rotatable bonds is 5. The van der Waals surface area contributed by atoms with Crippen molar-refractivity contribution in [3.8, 4) is 0 Å². The molecule has 13 heavy (non-hydrogen) atoms. The van der Waals surface area contributed by atoms with Gasteiger partial charge in [-0.2, -0.15) is 4.91 Å². The summed E-state index contributed by atoms with van der Waals surface area (Å²) in [5.41, 5.74) is 0. The fraction of sp³-hybridized carbons (Fsp3) is 0.250. The number of pyridine rings is 1. The molecule has 0 aromatic carbocycles. The van der Waals surface area contributed by atoms with Crippen molar-refractivity contribution >= 4 is 18.0 Å². The highest BCUT2D eigenvalue weighted by Gasteiger charge is 2.06.